The third-order valence-corrected chi connectivity index (χ3v) is 5.78. The Hall–Kier alpha value is -2.24. The molecule has 5 heteroatoms. The lowest BCUT2D eigenvalue weighted by atomic mass is 10.1. The molecule has 0 radical (unpaired) electrons. The molecule has 0 saturated carbocycles. The predicted molar refractivity (Wildman–Crippen MR) is 116 cm³/mol. The van der Waals surface area contributed by atoms with Crippen molar-refractivity contribution in [1.29, 1.82) is 0 Å². The Balaban J connectivity index is 1.51. The Kier molecular flexibility index (Phi) is 6.96. The topological polar surface area (TPSA) is 35.6 Å². The van der Waals surface area contributed by atoms with Crippen LogP contribution in [0.1, 0.15) is 5.56 Å². The van der Waals surface area contributed by atoms with Crippen LogP contribution >= 0.6 is 11.8 Å². The number of aryl methyl sites for hydroxylation is 1. The molecule has 1 aliphatic heterocycles. The number of anilines is 2. The standard InChI is InChI=1S/C22H27N3OS/c1-3-16-27-21-11-7-5-9-19(21)23-22(26)17-24-12-14-25(15-13-24)20-10-6-4-8-18(20)2/h3-11H,1,12-17H2,2H3,(H,23,26). The summed E-state index contributed by atoms with van der Waals surface area (Å²) in [7, 11) is 0. The van der Waals surface area contributed by atoms with Gasteiger partial charge in [0.1, 0.15) is 0 Å². The van der Waals surface area contributed by atoms with Gasteiger partial charge in [-0.2, -0.15) is 0 Å². The Morgan fingerprint density at radius 3 is 2.56 bits per heavy atom. The van der Waals surface area contributed by atoms with Crippen LogP contribution in [0, 0.1) is 6.92 Å². The van der Waals surface area contributed by atoms with E-state index in [1.54, 1.807) is 11.8 Å². The third-order valence-electron chi connectivity index (χ3n) is 4.71. The van der Waals surface area contributed by atoms with E-state index in [1.165, 1.54) is 11.3 Å². The number of carbonyl (C=O) groups is 1. The average molecular weight is 382 g/mol. The summed E-state index contributed by atoms with van der Waals surface area (Å²) in [5.74, 6) is 0.874. The summed E-state index contributed by atoms with van der Waals surface area (Å²) in [4.78, 5) is 18.2. The van der Waals surface area contributed by atoms with Crippen LogP contribution in [-0.4, -0.2) is 49.3 Å². The van der Waals surface area contributed by atoms with Crippen LogP contribution in [0.5, 0.6) is 0 Å². The van der Waals surface area contributed by atoms with Crippen LogP contribution in [0.2, 0.25) is 0 Å². The molecule has 0 aliphatic carbocycles. The van der Waals surface area contributed by atoms with Gasteiger partial charge in [0.25, 0.3) is 0 Å². The molecule has 4 nitrogen and oxygen atoms in total. The van der Waals surface area contributed by atoms with Crippen molar-refractivity contribution in [3.05, 3.63) is 66.7 Å². The monoisotopic (exact) mass is 381 g/mol. The van der Waals surface area contributed by atoms with E-state index >= 15 is 0 Å². The van der Waals surface area contributed by atoms with Gasteiger partial charge in [-0.1, -0.05) is 36.4 Å². The maximum absolute atomic E-state index is 12.5. The average Bonchev–Trinajstić information content (AvgIpc) is 2.68. The number of amides is 1. The molecule has 0 bridgehead atoms. The number of hydrogen-bond acceptors (Lipinski definition) is 4. The first-order chi connectivity index (χ1) is 13.2. The van der Waals surface area contributed by atoms with Crippen LogP contribution < -0.4 is 10.2 Å². The van der Waals surface area contributed by atoms with E-state index in [0.717, 1.165) is 42.5 Å². The molecule has 1 saturated heterocycles. The zero-order valence-electron chi connectivity index (χ0n) is 15.9. The van der Waals surface area contributed by atoms with Gasteiger partial charge in [0, 0.05) is 42.5 Å². The SMILES string of the molecule is C=CCSc1ccccc1NC(=O)CN1CCN(c2ccccc2C)CC1. The summed E-state index contributed by atoms with van der Waals surface area (Å²) < 4.78 is 0. The minimum atomic E-state index is 0.0472. The highest BCUT2D eigenvalue weighted by Gasteiger charge is 2.20. The second-order valence-corrected chi connectivity index (χ2v) is 7.76. The first-order valence-corrected chi connectivity index (χ1v) is 10.3. The molecule has 1 fully saturated rings. The molecule has 1 amide bonds. The van der Waals surface area contributed by atoms with Gasteiger partial charge >= 0.3 is 0 Å². The predicted octanol–water partition coefficient (Wildman–Crippen LogP) is 4.03. The molecule has 2 aromatic rings. The van der Waals surface area contributed by atoms with Gasteiger partial charge in [-0.3, -0.25) is 9.69 Å². The first kappa shape index (κ1) is 19.5. The number of carbonyl (C=O) groups excluding carboxylic acids is 1. The van der Waals surface area contributed by atoms with Crippen molar-refractivity contribution in [2.75, 3.05) is 48.7 Å². The van der Waals surface area contributed by atoms with Crippen LogP contribution in [0.15, 0.2) is 66.1 Å². The number of thioether (sulfide) groups is 1. The Labute approximate surface area is 166 Å². The van der Waals surface area contributed by atoms with E-state index in [9.17, 15) is 4.79 Å². The molecule has 27 heavy (non-hydrogen) atoms. The Morgan fingerprint density at radius 1 is 1.11 bits per heavy atom. The highest BCUT2D eigenvalue weighted by atomic mass is 32.2. The lowest BCUT2D eigenvalue weighted by Gasteiger charge is -2.36. The van der Waals surface area contributed by atoms with E-state index in [1.807, 2.05) is 30.3 Å². The lowest BCUT2D eigenvalue weighted by molar-refractivity contribution is -0.117. The second-order valence-electron chi connectivity index (χ2n) is 6.69. The number of nitrogens with zero attached hydrogens (tertiary/aromatic N) is 2. The number of rotatable bonds is 7. The molecule has 0 aromatic heterocycles. The number of piperazine rings is 1. The molecular formula is C22H27N3OS. The number of hydrogen-bond donors (Lipinski definition) is 1. The largest absolute Gasteiger partial charge is 0.369 e. The molecule has 0 unspecified atom stereocenters. The van der Waals surface area contributed by atoms with Crippen molar-refractivity contribution in [2.45, 2.75) is 11.8 Å². The van der Waals surface area contributed by atoms with Gasteiger partial charge in [-0.15, -0.1) is 18.3 Å². The van der Waals surface area contributed by atoms with Gasteiger partial charge in [0.2, 0.25) is 5.91 Å². The normalized spacial score (nSPS) is 14.8. The van der Waals surface area contributed by atoms with Crippen molar-refractivity contribution < 1.29 is 4.79 Å². The smallest absolute Gasteiger partial charge is 0.238 e. The second kappa shape index (κ2) is 9.62. The first-order valence-electron chi connectivity index (χ1n) is 9.33. The van der Waals surface area contributed by atoms with E-state index < -0.39 is 0 Å². The van der Waals surface area contributed by atoms with Gasteiger partial charge in [-0.05, 0) is 30.7 Å². The molecule has 1 aliphatic rings. The molecule has 0 atom stereocenters. The maximum atomic E-state index is 12.5. The van der Waals surface area contributed by atoms with Gasteiger partial charge in [0.05, 0.1) is 12.2 Å². The number of para-hydroxylation sites is 2. The zero-order chi connectivity index (χ0) is 19.1. The van der Waals surface area contributed by atoms with Crippen LogP contribution in [-0.2, 0) is 4.79 Å². The molecule has 3 rings (SSSR count). The fourth-order valence-electron chi connectivity index (χ4n) is 3.30. The summed E-state index contributed by atoms with van der Waals surface area (Å²) in [6, 6.07) is 16.4. The quantitative estimate of drug-likeness (QED) is 0.580. The number of benzene rings is 2. The lowest BCUT2D eigenvalue weighted by Crippen LogP contribution is -2.48. The van der Waals surface area contributed by atoms with E-state index in [4.69, 9.17) is 0 Å². The molecule has 2 aromatic carbocycles. The summed E-state index contributed by atoms with van der Waals surface area (Å²) in [5.41, 5.74) is 3.49. The molecular weight excluding hydrogens is 354 g/mol. The van der Waals surface area contributed by atoms with Crippen LogP contribution in [0.25, 0.3) is 0 Å². The van der Waals surface area contributed by atoms with Crippen molar-refractivity contribution in [3.63, 3.8) is 0 Å². The molecule has 1 heterocycles. The van der Waals surface area contributed by atoms with Crippen molar-refractivity contribution in [2.24, 2.45) is 0 Å². The van der Waals surface area contributed by atoms with Gasteiger partial charge < -0.3 is 10.2 Å². The van der Waals surface area contributed by atoms with Crippen molar-refractivity contribution >= 4 is 29.0 Å². The minimum Gasteiger partial charge on any atom is -0.369 e. The van der Waals surface area contributed by atoms with Gasteiger partial charge in [0.15, 0.2) is 0 Å². The number of nitrogens with one attached hydrogen (secondary N) is 1. The fourth-order valence-corrected chi connectivity index (χ4v) is 4.05. The highest BCUT2D eigenvalue weighted by molar-refractivity contribution is 7.99. The van der Waals surface area contributed by atoms with Crippen LogP contribution in [0.3, 0.4) is 0 Å². The van der Waals surface area contributed by atoms with E-state index in [-0.39, 0.29) is 5.91 Å². The molecule has 1 N–H and O–H groups in total. The van der Waals surface area contributed by atoms with E-state index in [0.29, 0.717) is 6.54 Å². The summed E-state index contributed by atoms with van der Waals surface area (Å²) in [5, 5.41) is 3.07. The Bertz CT molecular complexity index is 785. The molecule has 0 spiro atoms. The van der Waals surface area contributed by atoms with Crippen molar-refractivity contribution in [3.8, 4) is 0 Å². The fraction of sp³-hybridized carbons (Fsp3) is 0.318. The zero-order valence-corrected chi connectivity index (χ0v) is 16.7. The highest BCUT2D eigenvalue weighted by Crippen LogP contribution is 2.27. The molecule has 142 valence electrons. The summed E-state index contributed by atoms with van der Waals surface area (Å²) >= 11 is 1.68. The third kappa shape index (κ3) is 5.37. The Morgan fingerprint density at radius 2 is 1.81 bits per heavy atom. The van der Waals surface area contributed by atoms with Crippen LogP contribution in [0.4, 0.5) is 11.4 Å². The van der Waals surface area contributed by atoms with Crippen molar-refractivity contribution in [1.82, 2.24) is 4.90 Å². The summed E-state index contributed by atoms with van der Waals surface area (Å²) in [6.07, 6.45) is 1.87. The van der Waals surface area contributed by atoms with Gasteiger partial charge in [-0.25, -0.2) is 0 Å². The summed E-state index contributed by atoms with van der Waals surface area (Å²) in [6.45, 7) is 10.0. The van der Waals surface area contributed by atoms with E-state index in [2.05, 4.69) is 52.9 Å². The minimum absolute atomic E-state index is 0.0472. The maximum Gasteiger partial charge on any atom is 0.238 e.